The second kappa shape index (κ2) is 9.51. The molecule has 0 aromatic rings. The average molecular weight is 463 g/mol. The summed E-state index contributed by atoms with van der Waals surface area (Å²) in [5, 5.41) is 11.2. The Morgan fingerprint density at radius 2 is 1.67 bits per heavy atom. The van der Waals surface area contributed by atoms with Crippen molar-refractivity contribution in [3.05, 3.63) is 0 Å². The fourth-order valence-electron chi connectivity index (χ4n) is 8.36. The molecule has 4 fully saturated rings. The zero-order valence-electron chi connectivity index (χ0n) is 21.4. The zero-order chi connectivity index (χ0) is 23.9. The second-order valence-electron chi connectivity index (χ2n) is 12.6. The summed E-state index contributed by atoms with van der Waals surface area (Å²) in [5.41, 5.74) is -0.995. The Hall–Kier alpha value is -1.10. The van der Waals surface area contributed by atoms with E-state index in [1.165, 1.54) is 6.42 Å². The molecule has 1 N–H and O–H groups in total. The smallest absolute Gasteiger partial charge is 0.344 e. The number of carbonyl (C=O) groups excluding carboxylic acids is 2. The van der Waals surface area contributed by atoms with Gasteiger partial charge in [-0.1, -0.05) is 33.6 Å². The molecule has 5 nitrogen and oxygen atoms in total. The molecule has 0 bridgehead atoms. The summed E-state index contributed by atoms with van der Waals surface area (Å²) in [6.07, 6.45) is 13.1. The van der Waals surface area contributed by atoms with Crippen LogP contribution in [0.2, 0.25) is 0 Å². The van der Waals surface area contributed by atoms with Gasteiger partial charge in [0.1, 0.15) is 6.10 Å². The van der Waals surface area contributed by atoms with Gasteiger partial charge in [0.2, 0.25) is 0 Å². The van der Waals surface area contributed by atoms with Crippen molar-refractivity contribution in [3.63, 3.8) is 0 Å². The van der Waals surface area contributed by atoms with Crippen molar-refractivity contribution in [3.8, 4) is 0 Å². The molecular weight excluding hydrogens is 416 g/mol. The Morgan fingerprint density at radius 3 is 2.36 bits per heavy atom. The van der Waals surface area contributed by atoms with Gasteiger partial charge in [0, 0.05) is 0 Å². The van der Waals surface area contributed by atoms with Crippen LogP contribution in [0, 0.1) is 34.5 Å². The van der Waals surface area contributed by atoms with Crippen LogP contribution in [0.3, 0.4) is 0 Å². The van der Waals surface area contributed by atoms with Gasteiger partial charge >= 0.3 is 11.9 Å². The first kappa shape index (κ1) is 25.0. The number of rotatable bonds is 5. The topological polar surface area (TPSA) is 72.8 Å². The Kier molecular flexibility index (Phi) is 7.21. The molecule has 5 heteroatoms. The summed E-state index contributed by atoms with van der Waals surface area (Å²) in [5.74, 6) is 1.03. The lowest BCUT2D eigenvalue weighted by Crippen LogP contribution is -2.58. The predicted molar refractivity (Wildman–Crippen MR) is 127 cm³/mol. The van der Waals surface area contributed by atoms with Gasteiger partial charge in [0.05, 0.1) is 11.0 Å². The third-order valence-electron chi connectivity index (χ3n) is 10.4. The normalized spacial score (nSPS) is 41.7. The third kappa shape index (κ3) is 4.73. The van der Waals surface area contributed by atoms with Crippen molar-refractivity contribution in [1.82, 2.24) is 0 Å². The maximum absolute atomic E-state index is 13.4. The van der Waals surface area contributed by atoms with E-state index in [0.717, 1.165) is 77.0 Å². The number of hydrogen-bond acceptors (Lipinski definition) is 5. The molecule has 0 aromatic carbocycles. The van der Waals surface area contributed by atoms with Crippen molar-refractivity contribution in [2.24, 2.45) is 34.5 Å². The summed E-state index contributed by atoms with van der Waals surface area (Å²) in [6, 6.07) is 0. The predicted octanol–water partition coefficient (Wildman–Crippen LogP) is 5.82. The first-order valence-electron chi connectivity index (χ1n) is 13.7. The van der Waals surface area contributed by atoms with Crippen molar-refractivity contribution in [2.45, 2.75) is 123 Å². The maximum atomic E-state index is 13.4. The minimum Gasteiger partial charge on any atom is -0.460 e. The molecule has 0 aromatic heterocycles. The van der Waals surface area contributed by atoms with Crippen LogP contribution in [0.25, 0.3) is 0 Å². The standard InChI is InChI=1S/C28H46O5/c1-19(2)28(31)16-13-22-20(17-28)11-12-23-26(22,3)14-8-15-27(23,4)25(30)32-18-24(29)33-21-9-6-5-7-10-21/h19-23,31H,5-18H2,1-4H3. The number of fused-ring (bicyclic) bond motifs is 3. The van der Waals surface area contributed by atoms with E-state index in [-0.39, 0.29) is 35.9 Å². The highest BCUT2D eigenvalue weighted by Crippen LogP contribution is 2.65. The monoisotopic (exact) mass is 462 g/mol. The van der Waals surface area contributed by atoms with Crippen molar-refractivity contribution >= 4 is 11.9 Å². The van der Waals surface area contributed by atoms with E-state index >= 15 is 0 Å². The highest BCUT2D eigenvalue weighted by atomic mass is 16.6. The fraction of sp³-hybridized carbons (Fsp3) is 0.929. The van der Waals surface area contributed by atoms with E-state index in [1.807, 2.05) is 0 Å². The van der Waals surface area contributed by atoms with Gasteiger partial charge in [-0.2, -0.15) is 0 Å². The zero-order valence-corrected chi connectivity index (χ0v) is 21.4. The van der Waals surface area contributed by atoms with Crippen LogP contribution in [0.1, 0.15) is 111 Å². The minimum absolute atomic E-state index is 0.00965. The van der Waals surface area contributed by atoms with Crippen LogP contribution >= 0.6 is 0 Å². The summed E-state index contributed by atoms with van der Waals surface area (Å²) in [4.78, 5) is 25.7. The summed E-state index contributed by atoms with van der Waals surface area (Å²) >= 11 is 0. The molecule has 0 spiro atoms. The van der Waals surface area contributed by atoms with E-state index in [9.17, 15) is 14.7 Å². The molecule has 33 heavy (non-hydrogen) atoms. The molecular formula is C28H46O5. The van der Waals surface area contributed by atoms with Crippen LogP contribution in [0.4, 0.5) is 0 Å². The molecule has 6 unspecified atom stereocenters. The molecule has 0 radical (unpaired) electrons. The van der Waals surface area contributed by atoms with Gasteiger partial charge in [-0.05, 0) is 107 Å². The molecule has 4 aliphatic carbocycles. The summed E-state index contributed by atoms with van der Waals surface area (Å²) < 4.78 is 11.2. The molecule has 0 amide bonds. The Morgan fingerprint density at radius 1 is 0.939 bits per heavy atom. The van der Waals surface area contributed by atoms with Crippen molar-refractivity contribution < 1.29 is 24.2 Å². The molecule has 0 aliphatic heterocycles. The van der Waals surface area contributed by atoms with Crippen molar-refractivity contribution in [2.75, 3.05) is 6.61 Å². The molecule has 0 saturated heterocycles. The third-order valence-corrected chi connectivity index (χ3v) is 10.4. The van der Waals surface area contributed by atoms with Crippen molar-refractivity contribution in [1.29, 1.82) is 0 Å². The lowest BCUT2D eigenvalue weighted by molar-refractivity contribution is -0.189. The van der Waals surface area contributed by atoms with E-state index in [1.54, 1.807) is 0 Å². The molecule has 4 aliphatic rings. The molecule has 4 saturated carbocycles. The largest absolute Gasteiger partial charge is 0.460 e. The maximum Gasteiger partial charge on any atom is 0.344 e. The fourth-order valence-corrected chi connectivity index (χ4v) is 8.36. The summed E-state index contributed by atoms with van der Waals surface area (Å²) in [6.45, 7) is 8.50. The Bertz CT molecular complexity index is 728. The first-order valence-corrected chi connectivity index (χ1v) is 13.7. The van der Waals surface area contributed by atoms with Gasteiger partial charge in [-0.3, -0.25) is 4.79 Å². The van der Waals surface area contributed by atoms with Crippen LogP contribution in [-0.4, -0.2) is 35.4 Å². The minimum atomic E-state index is -0.547. The van der Waals surface area contributed by atoms with E-state index in [0.29, 0.717) is 11.8 Å². The number of hydrogen-bond donors (Lipinski definition) is 1. The van der Waals surface area contributed by atoms with E-state index < -0.39 is 17.0 Å². The van der Waals surface area contributed by atoms with E-state index in [2.05, 4.69) is 27.7 Å². The second-order valence-corrected chi connectivity index (χ2v) is 12.6. The summed E-state index contributed by atoms with van der Waals surface area (Å²) in [7, 11) is 0. The number of ether oxygens (including phenoxy) is 2. The average Bonchev–Trinajstić information content (AvgIpc) is 2.77. The van der Waals surface area contributed by atoms with Crippen LogP contribution in [0.5, 0.6) is 0 Å². The van der Waals surface area contributed by atoms with E-state index in [4.69, 9.17) is 9.47 Å². The number of carbonyl (C=O) groups is 2. The lowest BCUT2D eigenvalue weighted by atomic mass is 9.43. The molecule has 188 valence electrons. The molecule has 6 atom stereocenters. The van der Waals surface area contributed by atoms with Gasteiger partial charge in [0.15, 0.2) is 6.61 Å². The van der Waals surface area contributed by atoms with Gasteiger partial charge in [-0.25, -0.2) is 4.79 Å². The number of aliphatic hydroxyl groups is 1. The highest BCUT2D eigenvalue weighted by molar-refractivity contribution is 5.80. The molecule has 4 rings (SSSR count). The van der Waals surface area contributed by atoms with Crippen LogP contribution < -0.4 is 0 Å². The van der Waals surface area contributed by atoms with Gasteiger partial charge in [0.25, 0.3) is 0 Å². The Labute approximate surface area is 200 Å². The lowest BCUT2D eigenvalue weighted by Gasteiger charge is -2.61. The number of esters is 2. The van der Waals surface area contributed by atoms with Gasteiger partial charge in [-0.15, -0.1) is 0 Å². The SMILES string of the molecule is CC(C)C1(O)CCC2C(CCC3C(C)(C(=O)OCC(=O)OC4CCCCC4)CCCC23C)C1. The first-order chi connectivity index (χ1) is 15.6. The van der Waals surface area contributed by atoms with Gasteiger partial charge < -0.3 is 14.6 Å². The molecule has 0 heterocycles. The quantitative estimate of drug-likeness (QED) is 0.522. The van der Waals surface area contributed by atoms with Crippen LogP contribution in [-0.2, 0) is 19.1 Å². The van der Waals surface area contributed by atoms with Crippen LogP contribution in [0.15, 0.2) is 0 Å². The Balaban J connectivity index is 1.40. The highest BCUT2D eigenvalue weighted by Gasteiger charge is 2.60.